The standard InChI is InChI=1S/C14H20BrNO.ClH/c1-11-5-6-14(13(15)10-11)17-9-7-12-4-2-3-8-16-12;/h5-6,10,12,16H,2-4,7-9H2,1H3;1H. The van der Waals surface area contributed by atoms with Gasteiger partial charge < -0.3 is 10.1 Å². The Hall–Kier alpha value is -0.250. The van der Waals surface area contributed by atoms with Gasteiger partial charge in [0.25, 0.3) is 0 Å². The van der Waals surface area contributed by atoms with Crippen molar-refractivity contribution in [1.82, 2.24) is 5.32 Å². The molecule has 0 radical (unpaired) electrons. The molecule has 1 N–H and O–H groups in total. The minimum absolute atomic E-state index is 0. The lowest BCUT2D eigenvalue weighted by molar-refractivity contribution is 0.267. The molecule has 4 heteroatoms. The van der Waals surface area contributed by atoms with Crippen molar-refractivity contribution in [2.24, 2.45) is 0 Å². The molecule has 0 aromatic heterocycles. The van der Waals surface area contributed by atoms with Crippen LogP contribution in [0.2, 0.25) is 0 Å². The lowest BCUT2D eigenvalue weighted by Crippen LogP contribution is -2.35. The molecule has 1 heterocycles. The third-order valence-corrected chi connectivity index (χ3v) is 3.84. The number of hydrogen-bond acceptors (Lipinski definition) is 2. The molecule has 0 saturated carbocycles. The summed E-state index contributed by atoms with van der Waals surface area (Å²) in [6.07, 6.45) is 5.06. The van der Waals surface area contributed by atoms with Crippen LogP contribution in [0, 0.1) is 6.92 Å². The maximum Gasteiger partial charge on any atom is 0.133 e. The van der Waals surface area contributed by atoms with Crippen molar-refractivity contribution in [3.05, 3.63) is 28.2 Å². The Morgan fingerprint density at radius 2 is 2.22 bits per heavy atom. The molecule has 0 bridgehead atoms. The zero-order valence-corrected chi connectivity index (χ0v) is 13.1. The first-order chi connectivity index (χ1) is 8.25. The van der Waals surface area contributed by atoms with Gasteiger partial charge in [0.1, 0.15) is 5.75 Å². The van der Waals surface area contributed by atoms with Crippen LogP contribution >= 0.6 is 28.3 Å². The van der Waals surface area contributed by atoms with E-state index in [1.165, 1.54) is 31.4 Å². The summed E-state index contributed by atoms with van der Waals surface area (Å²) in [5.41, 5.74) is 1.25. The third kappa shape index (κ3) is 4.79. The smallest absolute Gasteiger partial charge is 0.133 e. The molecule has 0 amide bonds. The van der Waals surface area contributed by atoms with E-state index in [0.29, 0.717) is 6.04 Å². The summed E-state index contributed by atoms with van der Waals surface area (Å²) in [5.74, 6) is 0.950. The predicted molar refractivity (Wildman–Crippen MR) is 81.9 cm³/mol. The second kappa shape index (κ2) is 8.03. The van der Waals surface area contributed by atoms with Crippen molar-refractivity contribution < 1.29 is 4.74 Å². The van der Waals surface area contributed by atoms with Crippen LogP contribution in [0.3, 0.4) is 0 Å². The summed E-state index contributed by atoms with van der Waals surface area (Å²) < 4.78 is 6.86. The first-order valence-corrected chi connectivity index (χ1v) is 7.17. The minimum atomic E-state index is 0. The number of rotatable bonds is 4. The topological polar surface area (TPSA) is 21.3 Å². The van der Waals surface area contributed by atoms with Crippen molar-refractivity contribution in [1.29, 1.82) is 0 Å². The third-order valence-electron chi connectivity index (χ3n) is 3.22. The number of benzene rings is 1. The zero-order chi connectivity index (χ0) is 12.1. The summed E-state index contributed by atoms with van der Waals surface area (Å²) in [6.45, 7) is 4.04. The highest BCUT2D eigenvalue weighted by molar-refractivity contribution is 9.10. The van der Waals surface area contributed by atoms with E-state index in [0.717, 1.165) is 23.2 Å². The molecule has 1 aromatic carbocycles. The van der Waals surface area contributed by atoms with Gasteiger partial charge in [-0.3, -0.25) is 0 Å². The van der Waals surface area contributed by atoms with Crippen LogP contribution in [0.4, 0.5) is 0 Å². The molecule has 18 heavy (non-hydrogen) atoms. The number of aryl methyl sites for hydroxylation is 1. The molecule has 2 rings (SSSR count). The number of nitrogens with one attached hydrogen (secondary N) is 1. The number of ether oxygens (including phenoxy) is 1. The van der Waals surface area contributed by atoms with Crippen molar-refractivity contribution in [2.45, 2.75) is 38.6 Å². The molecule has 0 spiro atoms. The fraction of sp³-hybridized carbons (Fsp3) is 0.571. The van der Waals surface area contributed by atoms with Gasteiger partial charge in [-0.2, -0.15) is 0 Å². The van der Waals surface area contributed by atoms with Gasteiger partial charge in [0.2, 0.25) is 0 Å². The van der Waals surface area contributed by atoms with Gasteiger partial charge in [-0.25, -0.2) is 0 Å². The predicted octanol–water partition coefficient (Wildman–Crippen LogP) is 4.09. The SMILES string of the molecule is Cc1ccc(OCCC2CCCCN2)c(Br)c1.Cl. The van der Waals surface area contributed by atoms with E-state index in [1.807, 2.05) is 6.07 Å². The maximum atomic E-state index is 5.81. The highest BCUT2D eigenvalue weighted by Gasteiger charge is 2.12. The summed E-state index contributed by atoms with van der Waals surface area (Å²) in [5, 5.41) is 3.54. The number of hydrogen-bond donors (Lipinski definition) is 1. The second-order valence-electron chi connectivity index (χ2n) is 4.72. The van der Waals surface area contributed by atoms with Gasteiger partial charge in [0, 0.05) is 6.04 Å². The number of halogens is 2. The molecule has 0 aliphatic carbocycles. The Labute approximate surface area is 124 Å². The summed E-state index contributed by atoms with van der Waals surface area (Å²) in [4.78, 5) is 0. The molecule has 102 valence electrons. The average Bonchev–Trinajstić information content (AvgIpc) is 2.33. The van der Waals surface area contributed by atoms with Gasteiger partial charge in [0.05, 0.1) is 11.1 Å². The Morgan fingerprint density at radius 3 is 2.89 bits per heavy atom. The maximum absolute atomic E-state index is 5.81. The zero-order valence-electron chi connectivity index (χ0n) is 10.7. The van der Waals surface area contributed by atoms with Crippen LogP contribution in [0.5, 0.6) is 5.75 Å². The summed E-state index contributed by atoms with van der Waals surface area (Å²) >= 11 is 3.53. The Balaban J connectivity index is 0.00000162. The first-order valence-electron chi connectivity index (χ1n) is 6.38. The molecule has 2 nitrogen and oxygen atoms in total. The van der Waals surface area contributed by atoms with Crippen LogP contribution in [0.25, 0.3) is 0 Å². The Bertz CT molecular complexity index is 367. The van der Waals surface area contributed by atoms with E-state index in [4.69, 9.17) is 4.74 Å². The van der Waals surface area contributed by atoms with Gasteiger partial charge >= 0.3 is 0 Å². The molecule has 1 saturated heterocycles. The van der Waals surface area contributed by atoms with Gasteiger partial charge in [-0.1, -0.05) is 12.5 Å². The van der Waals surface area contributed by atoms with Gasteiger partial charge in [-0.05, 0) is 66.4 Å². The monoisotopic (exact) mass is 333 g/mol. The first kappa shape index (κ1) is 15.8. The van der Waals surface area contributed by atoms with E-state index < -0.39 is 0 Å². The molecule has 1 fully saturated rings. The summed E-state index contributed by atoms with van der Waals surface area (Å²) in [7, 11) is 0. The number of piperidine rings is 1. The fourth-order valence-corrected chi connectivity index (χ4v) is 2.81. The van der Waals surface area contributed by atoms with Gasteiger partial charge in [-0.15, -0.1) is 12.4 Å². The van der Waals surface area contributed by atoms with Crippen molar-refractivity contribution >= 4 is 28.3 Å². The highest BCUT2D eigenvalue weighted by Crippen LogP contribution is 2.26. The lowest BCUT2D eigenvalue weighted by Gasteiger charge is -2.23. The molecule has 1 unspecified atom stereocenters. The Kier molecular flexibility index (Phi) is 7.05. The molecular weight excluding hydrogens is 314 g/mol. The van der Waals surface area contributed by atoms with Crippen LogP contribution in [-0.4, -0.2) is 19.2 Å². The van der Waals surface area contributed by atoms with E-state index in [9.17, 15) is 0 Å². The summed E-state index contributed by atoms with van der Waals surface area (Å²) in [6, 6.07) is 6.86. The highest BCUT2D eigenvalue weighted by atomic mass is 79.9. The molecule has 1 aromatic rings. The average molecular weight is 335 g/mol. The minimum Gasteiger partial charge on any atom is -0.492 e. The van der Waals surface area contributed by atoms with Crippen LogP contribution in [0.15, 0.2) is 22.7 Å². The largest absolute Gasteiger partial charge is 0.492 e. The van der Waals surface area contributed by atoms with Gasteiger partial charge in [0.15, 0.2) is 0 Å². The molecule has 1 atom stereocenters. The van der Waals surface area contributed by atoms with Crippen molar-refractivity contribution in [3.8, 4) is 5.75 Å². The Morgan fingerprint density at radius 1 is 1.39 bits per heavy atom. The molecule has 1 aliphatic rings. The van der Waals surface area contributed by atoms with Crippen molar-refractivity contribution in [3.63, 3.8) is 0 Å². The van der Waals surface area contributed by atoms with Crippen LogP contribution in [-0.2, 0) is 0 Å². The quantitative estimate of drug-likeness (QED) is 0.895. The van der Waals surface area contributed by atoms with E-state index in [-0.39, 0.29) is 12.4 Å². The lowest BCUT2D eigenvalue weighted by atomic mass is 10.0. The van der Waals surface area contributed by atoms with E-state index in [2.05, 4.69) is 40.3 Å². The van der Waals surface area contributed by atoms with E-state index in [1.54, 1.807) is 0 Å². The molecular formula is C14H21BrClNO. The van der Waals surface area contributed by atoms with Crippen LogP contribution in [0.1, 0.15) is 31.2 Å². The fourth-order valence-electron chi connectivity index (χ4n) is 2.20. The molecule has 1 aliphatic heterocycles. The van der Waals surface area contributed by atoms with E-state index >= 15 is 0 Å². The second-order valence-corrected chi connectivity index (χ2v) is 5.57. The normalized spacial score (nSPS) is 19.1. The van der Waals surface area contributed by atoms with Crippen LogP contribution < -0.4 is 10.1 Å². The van der Waals surface area contributed by atoms with Crippen molar-refractivity contribution in [2.75, 3.05) is 13.2 Å².